The summed E-state index contributed by atoms with van der Waals surface area (Å²) in [6.45, 7) is 0.980. The number of nitrogens with zero attached hydrogens (tertiary/aromatic N) is 5. The van der Waals surface area contributed by atoms with E-state index >= 15 is 0 Å². The third-order valence-electron chi connectivity index (χ3n) is 7.16. The molecule has 3 heterocycles. The Bertz CT molecular complexity index is 1580. The van der Waals surface area contributed by atoms with Gasteiger partial charge in [0.2, 0.25) is 0 Å². The van der Waals surface area contributed by atoms with Gasteiger partial charge >= 0.3 is 0 Å². The van der Waals surface area contributed by atoms with E-state index in [-0.39, 0.29) is 5.56 Å². The van der Waals surface area contributed by atoms with Crippen molar-refractivity contribution in [3.8, 4) is 28.5 Å². The molecule has 0 unspecified atom stereocenters. The monoisotopic (exact) mass is 449 g/mol. The van der Waals surface area contributed by atoms with Crippen LogP contribution in [0.3, 0.4) is 0 Å². The van der Waals surface area contributed by atoms with Crippen molar-refractivity contribution in [2.75, 3.05) is 0 Å². The summed E-state index contributed by atoms with van der Waals surface area (Å²) < 4.78 is 18.8. The molecule has 3 aromatic heterocycles. The maximum Gasteiger partial charge on any atom is 0.141 e. The molecule has 5 aromatic rings. The normalized spacial score (nSPS) is 14.3. The number of aromatic nitrogens is 4. The molecule has 0 bridgehead atoms. The topological polar surface area (TPSA) is 59.4 Å². The van der Waals surface area contributed by atoms with Crippen LogP contribution in [0.2, 0.25) is 0 Å². The van der Waals surface area contributed by atoms with E-state index in [0.29, 0.717) is 5.92 Å². The van der Waals surface area contributed by atoms with Crippen LogP contribution >= 0.6 is 0 Å². The molecule has 0 spiro atoms. The second-order valence-corrected chi connectivity index (χ2v) is 9.25. The van der Waals surface area contributed by atoms with E-state index in [4.69, 9.17) is 4.98 Å². The molecule has 0 amide bonds. The largest absolute Gasteiger partial charge is 0.346 e. The first kappa shape index (κ1) is 20.6. The van der Waals surface area contributed by atoms with E-state index in [0.717, 1.165) is 50.7 Å². The van der Waals surface area contributed by atoms with Crippen molar-refractivity contribution in [3.63, 3.8) is 0 Å². The van der Waals surface area contributed by atoms with E-state index in [1.807, 2.05) is 48.4 Å². The Morgan fingerprint density at radius 3 is 2.65 bits per heavy atom. The van der Waals surface area contributed by atoms with Gasteiger partial charge in [-0.3, -0.25) is 9.67 Å². The average Bonchev–Trinajstić information content (AvgIpc) is 3.60. The van der Waals surface area contributed by atoms with E-state index < -0.39 is 5.82 Å². The summed E-state index contributed by atoms with van der Waals surface area (Å²) in [4.78, 5) is 4.91. The van der Waals surface area contributed by atoms with Gasteiger partial charge < -0.3 is 4.57 Å². The van der Waals surface area contributed by atoms with Crippen molar-refractivity contribution in [2.45, 2.75) is 32.2 Å². The minimum absolute atomic E-state index is 0.0426. The molecule has 5 nitrogen and oxygen atoms in total. The van der Waals surface area contributed by atoms with E-state index in [2.05, 4.69) is 28.0 Å². The van der Waals surface area contributed by atoms with Gasteiger partial charge in [0.15, 0.2) is 0 Å². The maximum atomic E-state index is 14.7. The molecule has 0 saturated heterocycles. The van der Waals surface area contributed by atoms with Crippen LogP contribution in [0.5, 0.6) is 0 Å². The first-order chi connectivity index (χ1) is 16.6. The van der Waals surface area contributed by atoms with E-state index in [1.165, 1.54) is 31.7 Å². The van der Waals surface area contributed by atoms with Crippen molar-refractivity contribution in [1.82, 2.24) is 19.3 Å². The number of hydrogen-bond donors (Lipinski definition) is 0. The summed E-state index contributed by atoms with van der Waals surface area (Å²) in [6.07, 6.45) is 11.1. The van der Waals surface area contributed by atoms with Crippen molar-refractivity contribution < 1.29 is 4.39 Å². The molecule has 1 aliphatic rings. The molecule has 0 aliphatic heterocycles. The standard InChI is InChI=1S/C28H24FN5/c1-33-25-9-8-20(12-22(25)15-32-33)28-27(19-6-7-21(14-30)24(29)13-19)23-10-11-34(26(23)16-31-28)17-18-4-2-3-5-18/h6-13,15-16,18H,2-5,17H2,1H3. The number of halogens is 1. The quantitative estimate of drug-likeness (QED) is 0.316. The zero-order valence-corrected chi connectivity index (χ0v) is 19.0. The Labute approximate surface area is 197 Å². The number of benzene rings is 2. The van der Waals surface area contributed by atoms with Crippen molar-refractivity contribution >= 4 is 21.8 Å². The Balaban J connectivity index is 1.56. The summed E-state index contributed by atoms with van der Waals surface area (Å²) in [6, 6.07) is 15.0. The second kappa shape index (κ2) is 8.11. The predicted octanol–water partition coefficient (Wildman–Crippen LogP) is 6.46. The third kappa shape index (κ3) is 3.36. The highest BCUT2D eigenvalue weighted by molar-refractivity contribution is 6.02. The molecular weight excluding hydrogens is 425 g/mol. The van der Waals surface area contributed by atoms with E-state index in [9.17, 15) is 9.65 Å². The molecule has 1 fully saturated rings. The molecule has 1 saturated carbocycles. The van der Waals surface area contributed by atoms with Crippen LogP contribution in [0.25, 0.3) is 44.2 Å². The number of aryl methyl sites for hydroxylation is 1. The first-order valence-corrected chi connectivity index (χ1v) is 11.7. The molecule has 0 radical (unpaired) electrons. The van der Waals surface area contributed by atoms with Crippen LogP contribution in [0.15, 0.2) is 61.1 Å². The maximum absolute atomic E-state index is 14.7. The van der Waals surface area contributed by atoms with Crippen LogP contribution in [0.4, 0.5) is 4.39 Å². The van der Waals surface area contributed by atoms with Crippen molar-refractivity contribution in [2.24, 2.45) is 13.0 Å². The molecule has 1 aliphatic carbocycles. The molecule has 6 rings (SSSR count). The second-order valence-electron chi connectivity index (χ2n) is 9.25. The van der Waals surface area contributed by atoms with Gasteiger partial charge in [-0.2, -0.15) is 10.4 Å². The zero-order chi connectivity index (χ0) is 23.2. The SMILES string of the molecule is Cn1ncc2cc(-c3ncc4c(ccn4CC4CCCC4)c3-c3ccc(C#N)c(F)c3)ccc21. The lowest BCUT2D eigenvalue weighted by molar-refractivity contribution is 0.466. The first-order valence-electron chi connectivity index (χ1n) is 11.7. The molecule has 6 heteroatoms. The van der Waals surface area contributed by atoms with Gasteiger partial charge in [0.1, 0.15) is 11.9 Å². The third-order valence-corrected chi connectivity index (χ3v) is 7.16. The predicted molar refractivity (Wildman–Crippen MR) is 132 cm³/mol. The lowest BCUT2D eigenvalue weighted by Gasteiger charge is -2.15. The fraction of sp³-hybridized carbons (Fsp3) is 0.250. The van der Waals surface area contributed by atoms with Crippen LogP contribution in [-0.4, -0.2) is 19.3 Å². The molecule has 0 N–H and O–H groups in total. The van der Waals surface area contributed by atoms with Gasteiger partial charge in [0, 0.05) is 41.7 Å². The molecular formula is C28H24FN5. The van der Waals surface area contributed by atoms with Gasteiger partial charge in [-0.1, -0.05) is 25.0 Å². The van der Waals surface area contributed by atoms with Gasteiger partial charge in [-0.15, -0.1) is 0 Å². The van der Waals surface area contributed by atoms with E-state index in [1.54, 1.807) is 6.07 Å². The number of pyridine rings is 1. The summed E-state index contributed by atoms with van der Waals surface area (Å²) in [7, 11) is 1.92. The van der Waals surface area contributed by atoms with Crippen molar-refractivity contribution in [3.05, 3.63) is 72.4 Å². The van der Waals surface area contributed by atoms with Crippen LogP contribution in [0, 0.1) is 23.1 Å². The van der Waals surface area contributed by atoms with Crippen molar-refractivity contribution in [1.29, 1.82) is 5.26 Å². The summed E-state index contributed by atoms with van der Waals surface area (Å²) >= 11 is 0. The minimum Gasteiger partial charge on any atom is -0.346 e. The fourth-order valence-corrected chi connectivity index (χ4v) is 5.37. The molecule has 34 heavy (non-hydrogen) atoms. The van der Waals surface area contributed by atoms with Gasteiger partial charge in [0.25, 0.3) is 0 Å². The van der Waals surface area contributed by atoms with Crippen LogP contribution in [0.1, 0.15) is 31.2 Å². The zero-order valence-electron chi connectivity index (χ0n) is 19.0. The highest BCUT2D eigenvalue weighted by atomic mass is 19.1. The molecule has 2 aromatic carbocycles. The summed E-state index contributed by atoms with van der Waals surface area (Å²) in [5.41, 5.74) is 5.48. The lowest BCUT2D eigenvalue weighted by Crippen LogP contribution is -2.06. The Morgan fingerprint density at radius 1 is 1.03 bits per heavy atom. The van der Waals surface area contributed by atoms with Gasteiger partial charge in [-0.05, 0) is 54.7 Å². The minimum atomic E-state index is -0.518. The van der Waals surface area contributed by atoms with Crippen LogP contribution in [-0.2, 0) is 13.6 Å². The van der Waals surface area contributed by atoms with Gasteiger partial charge in [-0.25, -0.2) is 4.39 Å². The highest BCUT2D eigenvalue weighted by Crippen LogP contribution is 2.39. The number of nitriles is 1. The Kier molecular flexibility index (Phi) is 4.91. The van der Waals surface area contributed by atoms with Gasteiger partial charge in [0.05, 0.1) is 34.7 Å². The fourth-order valence-electron chi connectivity index (χ4n) is 5.37. The number of rotatable bonds is 4. The Hall–Kier alpha value is -3.98. The average molecular weight is 450 g/mol. The molecule has 168 valence electrons. The number of fused-ring (bicyclic) bond motifs is 2. The van der Waals surface area contributed by atoms with Crippen LogP contribution < -0.4 is 0 Å². The number of hydrogen-bond acceptors (Lipinski definition) is 3. The summed E-state index contributed by atoms with van der Waals surface area (Å²) in [5.74, 6) is 0.176. The lowest BCUT2D eigenvalue weighted by atomic mass is 9.95. The summed E-state index contributed by atoms with van der Waals surface area (Å²) in [5, 5.41) is 15.6. The highest BCUT2D eigenvalue weighted by Gasteiger charge is 2.20. The smallest absolute Gasteiger partial charge is 0.141 e. The molecule has 0 atom stereocenters. The Morgan fingerprint density at radius 2 is 1.85 bits per heavy atom.